The summed E-state index contributed by atoms with van der Waals surface area (Å²) in [4.78, 5) is 26.4. The van der Waals surface area contributed by atoms with E-state index in [1.165, 1.54) is 48.5 Å². The number of ether oxygens (including phenoxy) is 1. The van der Waals surface area contributed by atoms with Crippen molar-refractivity contribution in [3.63, 3.8) is 0 Å². The molecule has 4 aliphatic carbocycles. The number of halogens is 4. The van der Waals surface area contributed by atoms with E-state index >= 15 is 0 Å². The van der Waals surface area contributed by atoms with Crippen LogP contribution in [0.4, 0.5) is 17.6 Å². The third kappa shape index (κ3) is 5.68. The van der Waals surface area contributed by atoms with Gasteiger partial charge in [0.05, 0.1) is 11.2 Å². The Labute approximate surface area is 243 Å². The Balaban J connectivity index is 1.29. The van der Waals surface area contributed by atoms with Gasteiger partial charge in [-0.3, -0.25) is 4.79 Å². The van der Waals surface area contributed by atoms with Gasteiger partial charge in [-0.25, -0.2) is 9.18 Å². The van der Waals surface area contributed by atoms with Crippen LogP contribution >= 0.6 is 11.8 Å². The zero-order chi connectivity index (χ0) is 29.9. The van der Waals surface area contributed by atoms with Gasteiger partial charge >= 0.3 is 11.5 Å². The third-order valence-electron chi connectivity index (χ3n) is 8.93. The third-order valence-corrected chi connectivity index (χ3v) is 9.67. The molecule has 4 bridgehead atoms. The number of carboxylic acids is 1. The maximum absolute atomic E-state index is 14.0. The lowest BCUT2D eigenvalue weighted by Gasteiger charge is -2.61. The molecule has 3 N–H and O–H groups in total. The molecular weight excluding hydrogens is 574 g/mol. The van der Waals surface area contributed by atoms with Gasteiger partial charge < -0.3 is 20.3 Å². The Hall–Kier alpha value is -3.31. The van der Waals surface area contributed by atoms with Crippen LogP contribution in [0.15, 0.2) is 59.5 Å². The number of alkyl halides is 3. The van der Waals surface area contributed by atoms with Crippen LogP contribution < -0.4 is 10.1 Å². The molecule has 222 valence electrons. The van der Waals surface area contributed by atoms with E-state index in [1.807, 2.05) is 0 Å². The second kappa shape index (κ2) is 10.4. The molecule has 3 aromatic rings. The average Bonchev–Trinajstić information content (AvgIpc) is 2.88. The number of carboxylic acid groups (broad SMARTS) is 1. The number of aliphatic carboxylic acids is 1. The Kier molecular flexibility index (Phi) is 7.16. The van der Waals surface area contributed by atoms with Crippen molar-refractivity contribution in [2.24, 2.45) is 17.3 Å². The summed E-state index contributed by atoms with van der Waals surface area (Å²) in [6.45, 7) is -0.101. The number of thioether (sulfide) groups is 1. The number of carbonyl (C=O) groups is 2. The second-order valence-corrected chi connectivity index (χ2v) is 13.2. The van der Waals surface area contributed by atoms with Gasteiger partial charge in [0, 0.05) is 15.7 Å². The van der Waals surface area contributed by atoms with Crippen molar-refractivity contribution in [1.29, 1.82) is 0 Å². The zero-order valence-corrected chi connectivity index (χ0v) is 23.2. The predicted octanol–water partition coefficient (Wildman–Crippen LogP) is 6.68. The number of fused-ring (bicyclic) bond motifs is 1. The summed E-state index contributed by atoms with van der Waals surface area (Å²) in [5, 5.41) is 25.1. The van der Waals surface area contributed by atoms with E-state index in [9.17, 15) is 37.4 Å². The van der Waals surface area contributed by atoms with Crippen LogP contribution in [-0.2, 0) is 11.4 Å². The van der Waals surface area contributed by atoms with Crippen molar-refractivity contribution in [1.82, 2.24) is 5.32 Å². The number of carbonyl (C=O) groups excluding carboxylic acids is 1. The fourth-order valence-electron chi connectivity index (χ4n) is 7.86. The van der Waals surface area contributed by atoms with Crippen molar-refractivity contribution in [3.8, 4) is 5.75 Å². The van der Waals surface area contributed by atoms with Crippen LogP contribution in [0.3, 0.4) is 0 Å². The van der Waals surface area contributed by atoms with Crippen LogP contribution in [-0.4, -0.2) is 39.2 Å². The largest absolute Gasteiger partial charge is 0.487 e. The summed E-state index contributed by atoms with van der Waals surface area (Å²) in [7, 11) is 0. The SMILES string of the molecule is O=C(N[C@H](C(=O)O)C12CC3CC(CC(O)(C3)C1)C2)c1ccc2cc(F)ccc2c1OCc1ccc(SC(F)(F)F)cc1. The number of benzene rings is 3. The Morgan fingerprint density at radius 3 is 2.33 bits per heavy atom. The van der Waals surface area contributed by atoms with Gasteiger partial charge in [-0.2, -0.15) is 13.2 Å². The smallest absolute Gasteiger partial charge is 0.446 e. The molecule has 0 spiro atoms. The topological polar surface area (TPSA) is 95.9 Å². The van der Waals surface area contributed by atoms with Crippen molar-refractivity contribution in [2.75, 3.05) is 0 Å². The van der Waals surface area contributed by atoms with E-state index in [2.05, 4.69) is 5.32 Å². The number of nitrogens with one attached hydrogen (secondary N) is 1. The van der Waals surface area contributed by atoms with E-state index < -0.39 is 40.3 Å². The molecule has 0 radical (unpaired) electrons. The molecular formula is C31H29F4NO5S. The summed E-state index contributed by atoms with van der Waals surface area (Å²) in [6, 6.07) is 11.3. The fourth-order valence-corrected chi connectivity index (χ4v) is 8.40. The summed E-state index contributed by atoms with van der Waals surface area (Å²) in [5.74, 6) is -1.81. The molecule has 4 fully saturated rings. The van der Waals surface area contributed by atoms with Gasteiger partial charge in [0.2, 0.25) is 0 Å². The highest BCUT2D eigenvalue weighted by molar-refractivity contribution is 8.00. The second-order valence-electron chi connectivity index (χ2n) is 12.1. The molecule has 2 unspecified atom stereocenters. The molecule has 0 aliphatic heterocycles. The number of amides is 1. The molecule has 4 aliphatic rings. The minimum absolute atomic E-state index is 0.0148. The summed E-state index contributed by atoms with van der Waals surface area (Å²) in [5.41, 5.74) is -5.51. The summed E-state index contributed by atoms with van der Waals surface area (Å²) in [6.07, 6.45) is 3.81. The van der Waals surface area contributed by atoms with Crippen LogP contribution in [0.2, 0.25) is 0 Å². The van der Waals surface area contributed by atoms with Gasteiger partial charge in [-0.05, 0) is 109 Å². The van der Waals surface area contributed by atoms with E-state index in [1.54, 1.807) is 6.07 Å². The summed E-state index contributed by atoms with van der Waals surface area (Å²) < 4.78 is 58.1. The van der Waals surface area contributed by atoms with E-state index in [0.29, 0.717) is 48.4 Å². The highest BCUT2D eigenvalue weighted by atomic mass is 32.2. The van der Waals surface area contributed by atoms with Gasteiger partial charge in [0.1, 0.15) is 24.2 Å². The van der Waals surface area contributed by atoms with E-state index in [-0.39, 0.29) is 46.4 Å². The quantitative estimate of drug-likeness (QED) is 0.196. The number of rotatable bonds is 8. The van der Waals surface area contributed by atoms with Crippen LogP contribution in [0.25, 0.3) is 10.8 Å². The van der Waals surface area contributed by atoms with Crippen molar-refractivity contribution < 1.29 is 42.1 Å². The molecule has 6 nitrogen and oxygen atoms in total. The molecule has 0 heterocycles. The van der Waals surface area contributed by atoms with Gasteiger partial charge in [-0.1, -0.05) is 18.2 Å². The van der Waals surface area contributed by atoms with Gasteiger partial charge in [-0.15, -0.1) is 0 Å². The molecule has 3 atom stereocenters. The highest BCUT2D eigenvalue weighted by Gasteiger charge is 2.61. The monoisotopic (exact) mass is 603 g/mol. The molecule has 1 amide bonds. The Morgan fingerprint density at radius 2 is 1.71 bits per heavy atom. The van der Waals surface area contributed by atoms with Gasteiger partial charge in [0.25, 0.3) is 5.91 Å². The molecule has 4 saturated carbocycles. The fraction of sp³-hybridized carbons (Fsp3) is 0.419. The molecule has 3 aromatic carbocycles. The van der Waals surface area contributed by atoms with Crippen LogP contribution in [0.1, 0.15) is 54.4 Å². The average molecular weight is 604 g/mol. The first kappa shape index (κ1) is 28.8. The zero-order valence-electron chi connectivity index (χ0n) is 22.4. The normalized spacial score (nSPS) is 27.2. The summed E-state index contributed by atoms with van der Waals surface area (Å²) >= 11 is -0.232. The lowest BCUT2D eigenvalue weighted by atomic mass is 9.46. The minimum atomic E-state index is -4.42. The van der Waals surface area contributed by atoms with E-state index in [0.717, 1.165) is 6.42 Å². The maximum atomic E-state index is 14.0. The van der Waals surface area contributed by atoms with Gasteiger partial charge in [0.15, 0.2) is 0 Å². The standard InChI is InChI=1S/C31H29F4NO5S/c32-21-4-8-23-20(10-21)3-7-24(25(23)41-15-17-1-5-22(6-2-17)42-31(33,34)35)27(37)36-26(28(38)39)29-11-18-9-19(12-29)14-30(40,13-18)16-29/h1-8,10,18-19,26,40H,9,11-16H2,(H,36,37)(H,38,39)/t18?,19?,26-,29?,30?/m1/s1. The van der Waals surface area contributed by atoms with Crippen molar-refractivity contribution in [3.05, 3.63) is 71.5 Å². The number of hydrogen-bond donors (Lipinski definition) is 3. The Bertz CT molecular complexity index is 1530. The highest BCUT2D eigenvalue weighted by Crippen LogP contribution is 2.62. The number of aliphatic hydroxyl groups is 1. The first-order chi connectivity index (χ1) is 19.8. The molecule has 0 aromatic heterocycles. The minimum Gasteiger partial charge on any atom is -0.487 e. The van der Waals surface area contributed by atoms with Crippen molar-refractivity contribution >= 4 is 34.4 Å². The lowest BCUT2D eigenvalue weighted by molar-refractivity contribution is -0.181. The first-order valence-electron chi connectivity index (χ1n) is 13.8. The molecule has 11 heteroatoms. The lowest BCUT2D eigenvalue weighted by Crippen LogP contribution is -2.64. The molecule has 42 heavy (non-hydrogen) atoms. The predicted molar refractivity (Wildman–Crippen MR) is 148 cm³/mol. The maximum Gasteiger partial charge on any atom is 0.446 e. The van der Waals surface area contributed by atoms with E-state index in [4.69, 9.17) is 4.74 Å². The van der Waals surface area contributed by atoms with Crippen molar-refractivity contribution in [2.45, 2.75) is 67.2 Å². The molecule has 0 saturated heterocycles. The Morgan fingerprint density at radius 1 is 1.02 bits per heavy atom. The van der Waals surface area contributed by atoms with Crippen LogP contribution in [0.5, 0.6) is 5.75 Å². The molecule has 7 rings (SSSR count). The number of hydrogen-bond acceptors (Lipinski definition) is 5. The first-order valence-corrected chi connectivity index (χ1v) is 14.6. The van der Waals surface area contributed by atoms with Crippen LogP contribution in [0, 0.1) is 23.1 Å².